The van der Waals surface area contributed by atoms with Crippen LogP contribution in [0, 0.1) is 6.92 Å². The molecule has 1 N–H and O–H groups in total. The zero-order valence-electron chi connectivity index (χ0n) is 15.5. The molecular weight excluding hydrogens is 378 g/mol. The van der Waals surface area contributed by atoms with E-state index in [-0.39, 0.29) is 23.8 Å². The van der Waals surface area contributed by atoms with Gasteiger partial charge in [0.05, 0.1) is 29.5 Å². The fraction of sp³-hybridized carbons (Fsp3) is 0.200. The molecule has 0 radical (unpaired) electrons. The van der Waals surface area contributed by atoms with Crippen LogP contribution in [0.4, 0.5) is 0 Å². The second kappa shape index (κ2) is 8.71. The van der Waals surface area contributed by atoms with Gasteiger partial charge in [0.25, 0.3) is 5.56 Å². The molecule has 0 saturated carbocycles. The number of aromatic nitrogens is 2. The number of ether oxygens (including phenoxy) is 1. The van der Waals surface area contributed by atoms with Gasteiger partial charge in [0.15, 0.2) is 5.16 Å². The quantitative estimate of drug-likeness (QED) is 0.389. The number of hydrogen-bond donors (Lipinski definition) is 1. The Morgan fingerprint density at radius 1 is 1.14 bits per heavy atom. The molecule has 28 heavy (non-hydrogen) atoms. The molecule has 0 fully saturated rings. The number of carbonyl (C=O) groups excluding carboxylic acids is 2. The summed E-state index contributed by atoms with van der Waals surface area (Å²) in [5, 5.41) is 3.38. The largest absolute Gasteiger partial charge is 0.468 e. The van der Waals surface area contributed by atoms with Crippen LogP contribution in [0.15, 0.2) is 58.5 Å². The van der Waals surface area contributed by atoms with Gasteiger partial charge in [-0.15, -0.1) is 0 Å². The van der Waals surface area contributed by atoms with E-state index in [1.807, 2.05) is 37.3 Å². The first kappa shape index (κ1) is 19.6. The van der Waals surface area contributed by atoms with Crippen molar-refractivity contribution in [1.82, 2.24) is 14.9 Å². The number of aryl methyl sites for hydroxylation is 1. The summed E-state index contributed by atoms with van der Waals surface area (Å²) < 4.78 is 6.00. The van der Waals surface area contributed by atoms with Crippen LogP contribution in [0.25, 0.3) is 16.6 Å². The van der Waals surface area contributed by atoms with Crippen LogP contribution in [0.1, 0.15) is 5.56 Å². The normalized spacial score (nSPS) is 10.6. The molecule has 3 rings (SSSR count). The van der Waals surface area contributed by atoms with Crippen molar-refractivity contribution in [3.05, 3.63) is 64.4 Å². The minimum Gasteiger partial charge on any atom is -0.468 e. The maximum absolute atomic E-state index is 13.1. The molecule has 3 aromatic rings. The molecule has 0 aliphatic rings. The highest BCUT2D eigenvalue weighted by molar-refractivity contribution is 7.99. The van der Waals surface area contributed by atoms with Crippen LogP contribution in [0.2, 0.25) is 0 Å². The van der Waals surface area contributed by atoms with Crippen molar-refractivity contribution in [3.8, 4) is 5.69 Å². The number of esters is 1. The first-order valence-electron chi connectivity index (χ1n) is 8.54. The first-order valence-corrected chi connectivity index (χ1v) is 9.53. The summed E-state index contributed by atoms with van der Waals surface area (Å²) in [4.78, 5) is 40.8. The number of benzene rings is 2. The van der Waals surface area contributed by atoms with Crippen LogP contribution < -0.4 is 10.9 Å². The smallest absolute Gasteiger partial charge is 0.325 e. The summed E-state index contributed by atoms with van der Waals surface area (Å²) in [6.07, 6.45) is 0. The molecule has 2 aromatic carbocycles. The minimum atomic E-state index is -0.529. The lowest BCUT2D eigenvalue weighted by atomic mass is 10.2. The van der Waals surface area contributed by atoms with E-state index in [0.717, 1.165) is 17.3 Å². The Balaban J connectivity index is 1.95. The van der Waals surface area contributed by atoms with E-state index < -0.39 is 5.97 Å². The molecule has 0 unspecified atom stereocenters. The number of nitrogens with one attached hydrogen (secondary N) is 1. The van der Waals surface area contributed by atoms with E-state index in [1.54, 1.807) is 18.2 Å². The molecule has 0 spiro atoms. The number of para-hydroxylation sites is 1. The van der Waals surface area contributed by atoms with Crippen LogP contribution in [0.3, 0.4) is 0 Å². The van der Waals surface area contributed by atoms with Crippen molar-refractivity contribution in [2.45, 2.75) is 12.1 Å². The summed E-state index contributed by atoms with van der Waals surface area (Å²) in [7, 11) is 1.25. The second-order valence-electron chi connectivity index (χ2n) is 6.03. The Morgan fingerprint density at radius 3 is 2.57 bits per heavy atom. The van der Waals surface area contributed by atoms with Gasteiger partial charge in [-0.3, -0.25) is 19.0 Å². The molecular formula is C20H19N3O4S. The Kier molecular flexibility index (Phi) is 6.10. The summed E-state index contributed by atoms with van der Waals surface area (Å²) >= 11 is 1.13. The number of carbonyl (C=O) groups is 2. The number of nitrogens with zero attached hydrogens (tertiary/aromatic N) is 2. The van der Waals surface area contributed by atoms with Gasteiger partial charge in [-0.2, -0.15) is 0 Å². The van der Waals surface area contributed by atoms with Crippen molar-refractivity contribution in [1.29, 1.82) is 0 Å². The number of rotatable bonds is 6. The molecule has 144 valence electrons. The van der Waals surface area contributed by atoms with E-state index in [4.69, 9.17) is 0 Å². The van der Waals surface area contributed by atoms with Gasteiger partial charge in [-0.1, -0.05) is 41.6 Å². The standard InChI is InChI=1S/C20H19N3O4S/c1-13-7-9-14(10-8-13)23-19(26)15-5-3-4-6-16(15)22-20(23)28-12-17(24)21-11-18(25)27-2/h3-10H,11-12H2,1-2H3,(H,21,24). The topological polar surface area (TPSA) is 90.3 Å². The van der Waals surface area contributed by atoms with Gasteiger partial charge in [0, 0.05) is 0 Å². The molecule has 1 aromatic heterocycles. The summed E-state index contributed by atoms with van der Waals surface area (Å²) in [6.45, 7) is 1.76. The van der Waals surface area contributed by atoms with Crippen LogP contribution in [-0.2, 0) is 14.3 Å². The number of thioether (sulfide) groups is 1. The minimum absolute atomic E-state index is 0.00758. The summed E-state index contributed by atoms with van der Waals surface area (Å²) in [6, 6.07) is 14.6. The Bertz CT molecular complexity index is 1080. The lowest BCUT2D eigenvalue weighted by Gasteiger charge is -2.13. The number of amides is 1. The van der Waals surface area contributed by atoms with Crippen LogP contribution in [0.5, 0.6) is 0 Å². The van der Waals surface area contributed by atoms with E-state index in [9.17, 15) is 14.4 Å². The highest BCUT2D eigenvalue weighted by atomic mass is 32.2. The third-order valence-corrected chi connectivity index (χ3v) is 4.97. The average Bonchev–Trinajstić information content (AvgIpc) is 2.71. The molecule has 1 amide bonds. The maximum Gasteiger partial charge on any atom is 0.325 e. The summed E-state index contributed by atoms with van der Waals surface area (Å²) in [5.74, 6) is -0.875. The van der Waals surface area contributed by atoms with Gasteiger partial charge >= 0.3 is 5.97 Å². The number of methoxy groups -OCH3 is 1. The fourth-order valence-electron chi connectivity index (χ4n) is 2.55. The zero-order valence-corrected chi connectivity index (χ0v) is 16.3. The molecule has 8 heteroatoms. The van der Waals surface area contributed by atoms with Crippen molar-refractivity contribution < 1.29 is 14.3 Å². The number of hydrogen-bond acceptors (Lipinski definition) is 6. The van der Waals surface area contributed by atoms with E-state index in [1.165, 1.54) is 11.7 Å². The van der Waals surface area contributed by atoms with Gasteiger partial charge < -0.3 is 10.1 Å². The molecule has 1 heterocycles. The van der Waals surface area contributed by atoms with Crippen LogP contribution >= 0.6 is 11.8 Å². The molecule has 0 bridgehead atoms. The lowest BCUT2D eigenvalue weighted by Crippen LogP contribution is -2.31. The Morgan fingerprint density at radius 2 is 1.86 bits per heavy atom. The van der Waals surface area contributed by atoms with E-state index in [0.29, 0.717) is 21.7 Å². The fourth-order valence-corrected chi connectivity index (χ4v) is 3.40. The third-order valence-electron chi connectivity index (χ3n) is 4.03. The monoisotopic (exact) mass is 397 g/mol. The molecule has 7 nitrogen and oxygen atoms in total. The van der Waals surface area contributed by atoms with Crippen molar-refractivity contribution >= 4 is 34.5 Å². The van der Waals surface area contributed by atoms with Gasteiger partial charge in [-0.05, 0) is 31.2 Å². The molecule has 0 aliphatic carbocycles. The Hall–Kier alpha value is -3.13. The maximum atomic E-state index is 13.1. The number of fused-ring (bicyclic) bond motifs is 1. The van der Waals surface area contributed by atoms with Gasteiger partial charge in [-0.25, -0.2) is 4.98 Å². The molecule has 0 saturated heterocycles. The highest BCUT2D eigenvalue weighted by Crippen LogP contribution is 2.21. The molecule has 0 aliphatic heterocycles. The Labute approximate surface area is 165 Å². The highest BCUT2D eigenvalue weighted by Gasteiger charge is 2.15. The van der Waals surface area contributed by atoms with Gasteiger partial charge in [0.1, 0.15) is 6.54 Å². The van der Waals surface area contributed by atoms with Crippen molar-refractivity contribution in [3.63, 3.8) is 0 Å². The van der Waals surface area contributed by atoms with Crippen LogP contribution in [-0.4, -0.2) is 40.8 Å². The predicted molar refractivity (Wildman–Crippen MR) is 108 cm³/mol. The van der Waals surface area contributed by atoms with Gasteiger partial charge in [0.2, 0.25) is 5.91 Å². The SMILES string of the molecule is COC(=O)CNC(=O)CSc1nc2ccccc2c(=O)n1-c1ccc(C)cc1. The first-order chi connectivity index (χ1) is 13.5. The zero-order chi connectivity index (χ0) is 20.1. The molecule has 0 atom stereocenters. The van der Waals surface area contributed by atoms with E-state index in [2.05, 4.69) is 15.0 Å². The average molecular weight is 397 g/mol. The van der Waals surface area contributed by atoms with Crippen molar-refractivity contribution in [2.24, 2.45) is 0 Å². The third kappa shape index (κ3) is 4.40. The lowest BCUT2D eigenvalue weighted by molar-refractivity contribution is -0.140. The van der Waals surface area contributed by atoms with Crippen molar-refractivity contribution in [2.75, 3.05) is 19.4 Å². The van der Waals surface area contributed by atoms with E-state index >= 15 is 0 Å². The second-order valence-corrected chi connectivity index (χ2v) is 6.97. The predicted octanol–water partition coefficient (Wildman–Crippen LogP) is 2.08. The summed E-state index contributed by atoms with van der Waals surface area (Å²) in [5.41, 5.74) is 2.11.